The summed E-state index contributed by atoms with van der Waals surface area (Å²) in [6, 6.07) is 7.33. The molecule has 6 heteroatoms. The number of thiazole rings is 1. The second kappa shape index (κ2) is 6.79. The Kier molecular flexibility index (Phi) is 4.58. The summed E-state index contributed by atoms with van der Waals surface area (Å²) in [6.07, 6.45) is 3.25. The van der Waals surface area contributed by atoms with Crippen LogP contribution < -0.4 is 14.8 Å². The van der Waals surface area contributed by atoms with Crippen molar-refractivity contribution in [2.45, 2.75) is 26.2 Å². The summed E-state index contributed by atoms with van der Waals surface area (Å²) in [6.45, 7) is 2.40. The number of aromatic nitrogens is 1. The Morgan fingerprint density at radius 2 is 2.05 bits per heavy atom. The number of nitrogens with zero attached hydrogens (tertiary/aromatic N) is 1. The van der Waals surface area contributed by atoms with E-state index >= 15 is 0 Å². The average molecular weight is 318 g/mol. The van der Waals surface area contributed by atoms with Crippen LogP contribution in [0.25, 0.3) is 0 Å². The fraction of sp³-hybridized carbons (Fsp3) is 0.375. The molecule has 2 aromatic rings. The molecule has 0 aliphatic heterocycles. The smallest absolute Gasteiger partial charge is 0.264 e. The molecule has 0 unspecified atom stereocenters. The van der Waals surface area contributed by atoms with Gasteiger partial charge in [0.05, 0.1) is 12.3 Å². The van der Waals surface area contributed by atoms with Crippen molar-refractivity contribution in [2.75, 3.05) is 18.5 Å². The summed E-state index contributed by atoms with van der Waals surface area (Å²) in [5.41, 5.74) is 1.13. The molecule has 0 spiro atoms. The van der Waals surface area contributed by atoms with Gasteiger partial charge in [-0.1, -0.05) is 12.1 Å². The first-order valence-corrected chi connectivity index (χ1v) is 8.21. The van der Waals surface area contributed by atoms with Crippen LogP contribution in [-0.4, -0.2) is 24.1 Å². The predicted octanol–water partition coefficient (Wildman–Crippen LogP) is 3.05. The lowest BCUT2D eigenvalue weighted by Crippen LogP contribution is -2.20. The Labute approximate surface area is 133 Å². The van der Waals surface area contributed by atoms with Gasteiger partial charge in [0.1, 0.15) is 0 Å². The van der Waals surface area contributed by atoms with Gasteiger partial charge in [-0.25, -0.2) is 4.98 Å². The summed E-state index contributed by atoms with van der Waals surface area (Å²) in [4.78, 5) is 17.7. The van der Waals surface area contributed by atoms with Crippen molar-refractivity contribution in [3.8, 4) is 11.5 Å². The maximum Gasteiger partial charge on any atom is 0.264 e. The summed E-state index contributed by atoms with van der Waals surface area (Å²) in [7, 11) is 0. The Morgan fingerprint density at radius 1 is 1.27 bits per heavy atom. The number of ether oxygens (including phenoxy) is 2. The van der Waals surface area contributed by atoms with Gasteiger partial charge in [-0.15, -0.1) is 11.3 Å². The molecule has 3 rings (SSSR count). The van der Waals surface area contributed by atoms with Crippen molar-refractivity contribution >= 4 is 22.4 Å². The highest BCUT2D eigenvalue weighted by molar-refractivity contribution is 7.15. The number of anilines is 1. The molecule has 1 amide bonds. The summed E-state index contributed by atoms with van der Waals surface area (Å²) >= 11 is 1.56. The second-order valence-electron chi connectivity index (χ2n) is 4.96. The van der Waals surface area contributed by atoms with Gasteiger partial charge >= 0.3 is 0 Å². The molecule has 5 nitrogen and oxygen atoms in total. The first kappa shape index (κ1) is 14.8. The molecule has 0 radical (unpaired) electrons. The Bertz CT molecular complexity index is 648. The van der Waals surface area contributed by atoms with Crippen LogP contribution in [0.2, 0.25) is 0 Å². The van der Waals surface area contributed by atoms with Crippen molar-refractivity contribution in [2.24, 2.45) is 0 Å². The van der Waals surface area contributed by atoms with E-state index in [1.807, 2.05) is 25.1 Å². The third-order valence-corrected chi connectivity index (χ3v) is 4.42. The van der Waals surface area contributed by atoms with Crippen LogP contribution >= 0.6 is 11.3 Å². The van der Waals surface area contributed by atoms with Gasteiger partial charge in [-0.3, -0.25) is 10.1 Å². The largest absolute Gasteiger partial charge is 0.490 e. The molecule has 22 heavy (non-hydrogen) atoms. The van der Waals surface area contributed by atoms with E-state index in [0.717, 1.165) is 18.5 Å². The van der Waals surface area contributed by atoms with Crippen molar-refractivity contribution in [1.29, 1.82) is 0 Å². The molecular weight excluding hydrogens is 300 g/mol. The lowest BCUT2D eigenvalue weighted by molar-refractivity contribution is -0.118. The molecule has 1 N–H and O–H groups in total. The first-order valence-electron chi connectivity index (χ1n) is 7.39. The lowest BCUT2D eigenvalue weighted by atomic mass is 10.3. The molecule has 0 saturated carbocycles. The normalized spacial score (nSPS) is 12.8. The number of carbonyl (C=O) groups is 1. The zero-order valence-electron chi connectivity index (χ0n) is 12.4. The predicted molar refractivity (Wildman–Crippen MR) is 85.9 cm³/mol. The maximum absolute atomic E-state index is 12.0. The van der Waals surface area contributed by atoms with Gasteiger partial charge in [-0.2, -0.15) is 0 Å². The van der Waals surface area contributed by atoms with Gasteiger partial charge < -0.3 is 9.47 Å². The molecule has 116 valence electrons. The fourth-order valence-electron chi connectivity index (χ4n) is 2.39. The number of rotatable bonds is 6. The van der Waals surface area contributed by atoms with Crippen LogP contribution in [0.4, 0.5) is 5.13 Å². The third kappa shape index (κ3) is 3.39. The Hall–Kier alpha value is -2.08. The van der Waals surface area contributed by atoms with Crippen LogP contribution in [0.3, 0.4) is 0 Å². The highest BCUT2D eigenvalue weighted by Gasteiger charge is 2.18. The topological polar surface area (TPSA) is 60.5 Å². The average Bonchev–Trinajstić information content (AvgIpc) is 3.08. The van der Waals surface area contributed by atoms with Crippen molar-refractivity contribution < 1.29 is 14.3 Å². The number of fused-ring (bicyclic) bond motifs is 1. The van der Waals surface area contributed by atoms with E-state index in [4.69, 9.17) is 9.47 Å². The number of aryl methyl sites for hydroxylation is 2. The molecule has 1 heterocycles. The summed E-state index contributed by atoms with van der Waals surface area (Å²) < 4.78 is 11.0. The molecule has 0 bridgehead atoms. The van der Waals surface area contributed by atoms with Crippen molar-refractivity contribution in [3.05, 3.63) is 34.8 Å². The SMILES string of the molecule is CCOc1ccccc1OCC(=O)Nc1nc2c(s1)CCC2. The quantitative estimate of drug-likeness (QED) is 0.889. The Balaban J connectivity index is 1.56. The highest BCUT2D eigenvalue weighted by atomic mass is 32.1. The van der Waals surface area contributed by atoms with Crippen LogP contribution in [0, 0.1) is 0 Å². The third-order valence-electron chi connectivity index (χ3n) is 3.35. The van der Waals surface area contributed by atoms with Gasteiger partial charge in [0, 0.05) is 4.88 Å². The molecule has 0 atom stereocenters. The monoisotopic (exact) mass is 318 g/mol. The first-order chi connectivity index (χ1) is 10.8. The lowest BCUT2D eigenvalue weighted by Gasteiger charge is -2.11. The van der Waals surface area contributed by atoms with Crippen LogP contribution in [0.1, 0.15) is 23.9 Å². The van der Waals surface area contributed by atoms with Gasteiger partial charge in [0.25, 0.3) is 5.91 Å². The second-order valence-corrected chi connectivity index (χ2v) is 6.04. The van der Waals surface area contributed by atoms with E-state index in [1.54, 1.807) is 17.4 Å². The molecule has 1 aliphatic carbocycles. The van der Waals surface area contributed by atoms with E-state index in [9.17, 15) is 4.79 Å². The number of para-hydroxylation sites is 2. The standard InChI is InChI=1S/C16H18N2O3S/c1-2-20-12-7-3-4-8-13(12)21-10-15(19)18-16-17-11-6-5-9-14(11)22-16/h3-4,7-8H,2,5-6,9-10H2,1H3,(H,17,18,19). The molecule has 0 saturated heterocycles. The van der Waals surface area contributed by atoms with E-state index in [-0.39, 0.29) is 12.5 Å². The molecular formula is C16H18N2O3S. The van der Waals surface area contributed by atoms with E-state index in [1.165, 1.54) is 11.3 Å². The number of hydrogen-bond donors (Lipinski definition) is 1. The molecule has 0 fully saturated rings. The molecule has 1 aliphatic rings. The number of hydrogen-bond acceptors (Lipinski definition) is 5. The van der Waals surface area contributed by atoms with Crippen LogP contribution in [0.5, 0.6) is 11.5 Å². The Morgan fingerprint density at radius 3 is 2.77 bits per heavy atom. The number of amides is 1. The maximum atomic E-state index is 12.0. The highest BCUT2D eigenvalue weighted by Crippen LogP contribution is 2.30. The van der Waals surface area contributed by atoms with Crippen molar-refractivity contribution in [3.63, 3.8) is 0 Å². The minimum Gasteiger partial charge on any atom is -0.490 e. The minimum atomic E-state index is -0.210. The summed E-state index contributed by atoms with van der Waals surface area (Å²) in [5.74, 6) is 1.01. The van der Waals surface area contributed by atoms with Gasteiger partial charge in [0.2, 0.25) is 0 Å². The van der Waals surface area contributed by atoms with E-state index in [0.29, 0.717) is 23.2 Å². The van der Waals surface area contributed by atoms with E-state index < -0.39 is 0 Å². The van der Waals surface area contributed by atoms with Crippen molar-refractivity contribution in [1.82, 2.24) is 4.98 Å². The molecule has 1 aromatic heterocycles. The molecule has 1 aromatic carbocycles. The number of nitrogens with one attached hydrogen (secondary N) is 1. The summed E-state index contributed by atoms with van der Waals surface area (Å²) in [5, 5.41) is 3.46. The van der Waals surface area contributed by atoms with Gasteiger partial charge in [0.15, 0.2) is 23.2 Å². The minimum absolute atomic E-state index is 0.0612. The zero-order valence-corrected chi connectivity index (χ0v) is 13.2. The van der Waals surface area contributed by atoms with Crippen LogP contribution in [-0.2, 0) is 17.6 Å². The van der Waals surface area contributed by atoms with Crippen LogP contribution in [0.15, 0.2) is 24.3 Å². The van der Waals surface area contributed by atoms with Gasteiger partial charge in [-0.05, 0) is 38.3 Å². The number of carbonyl (C=O) groups excluding carboxylic acids is 1. The number of benzene rings is 1. The fourth-order valence-corrected chi connectivity index (χ4v) is 3.45. The van der Waals surface area contributed by atoms with E-state index in [2.05, 4.69) is 10.3 Å². The zero-order chi connectivity index (χ0) is 15.4.